The number of rotatable bonds is 14. The third kappa shape index (κ3) is 7.09. The molecule has 54 heavy (non-hydrogen) atoms. The highest BCUT2D eigenvalue weighted by Gasteiger charge is 2.56. The number of nitrogens with two attached hydrogens (primary N) is 1. The van der Waals surface area contributed by atoms with E-state index in [0.717, 1.165) is 33.3 Å². The lowest BCUT2D eigenvalue weighted by Crippen LogP contribution is -2.71. The Balaban J connectivity index is 1.16. The van der Waals surface area contributed by atoms with Crippen LogP contribution in [-0.4, -0.2) is 130 Å². The molecule has 23 heteroatoms. The van der Waals surface area contributed by atoms with Gasteiger partial charge in [-0.15, -0.1) is 23.5 Å². The van der Waals surface area contributed by atoms with Crippen molar-refractivity contribution in [1.82, 2.24) is 20.4 Å². The van der Waals surface area contributed by atoms with Gasteiger partial charge in [0, 0.05) is 22.7 Å². The minimum atomic E-state index is -1.49. The number of fused-ring (bicyclic) bond motifs is 2. The molecule has 2 fully saturated rings. The van der Waals surface area contributed by atoms with Gasteiger partial charge in [-0.2, -0.15) is 0 Å². The van der Waals surface area contributed by atoms with Crippen LogP contribution in [0.2, 0.25) is 0 Å². The summed E-state index contributed by atoms with van der Waals surface area (Å²) in [6, 6.07) is 3.71. The van der Waals surface area contributed by atoms with Crippen molar-refractivity contribution in [3.05, 3.63) is 70.9 Å². The number of carbonyl (C=O) groups excluding carboxylic acids is 6. The van der Waals surface area contributed by atoms with Gasteiger partial charge >= 0.3 is 18.0 Å². The Bertz CT molecular complexity index is 2010. The average molecular weight is 788 g/mol. The van der Waals surface area contributed by atoms with E-state index in [1.54, 1.807) is 0 Å². The summed E-state index contributed by atoms with van der Waals surface area (Å²) in [5.41, 5.74) is 4.10. The number of carboxylic acids is 1. The number of oxime groups is 2. The molecular formula is C31H29N7O14S2. The average Bonchev–Trinajstić information content (AvgIpc) is 3.90. The Hall–Kier alpha value is -6.23. The highest BCUT2D eigenvalue weighted by atomic mass is 32.2. The van der Waals surface area contributed by atoms with Crippen molar-refractivity contribution in [3.63, 3.8) is 0 Å². The maximum absolute atomic E-state index is 13.7. The van der Waals surface area contributed by atoms with Gasteiger partial charge in [0.1, 0.15) is 61.7 Å². The number of esters is 1. The lowest BCUT2D eigenvalue weighted by Gasteiger charge is -2.50. The summed E-state index contributed by atoms with van der Waals surface area (Å²) in [5.74, 6) is -5.48. The van der Waals surface area contributed by atoms with Crippen molar-refractivity contribution in [2.75, 3.05) is 38.9 Å². The van der Waals surface area contributed by atoms with Crippen molar-refractivity contribution < 1.29 is 66.7 Å². The van der Waals surface area contributed by atoms with Crippen molar-refractivity contribution >= 4 is 76.6 Å². The second kappa shape index (κ2) is 15.8. The number of hydrogen-bond acceptors (Lipinski definition) is 17. The van der Waals surface area contributed by atoms with Gasteiger partial charge in [0.2, 0.25) is 11.4 Å². The van der Waals surface area contributed by atoms with Crippen LogP contribution in [0.25, 0.3) is 0 Å². The molecule has 5 amide bonds. The number of ether oxygens (including phenoxy) is 2. The molecule has 0 aromatic carbocycles. The third-order valence-electron chi connectivity index (χ3n) is 8.13. The van der Waals surface area contributed by atoms with Gasteiger partial charge in [-0.1, -0.05) is 10.3 Å². The summed E-state index contributed by atoms with van der Waals surface area (Å²) in [4.78, 5) is 102. The number of furan rings is 2. The van der Waals surface area contributed by atoms with Gasteiger partial charge in [-0.25, -0.2) is 14.4 Å². The fourth-order valence-corrected chi connectivity index (χ4v) is 8.44. The lowest BCUT2D eigenvalue weighted by atomic mass is 10.0. The Morgan fingerprint density at radius 3 is 1.70 bits per heavy atom. The third-order valence-corrected chi connectivity index (χ3v) is 10.8. The minimum absolute atomic E-state index is 0.0279. The zero-order valence-electron chi connectivity index (χ0n) is 28.0. The van der Waals surface area contributed by atoms with Crippen LogP contribution in [0.15, 0.2) is 78.5 Å². The number of carbonyl (C=O) groups is 7. The topological polar surface area (TPSA) is 284 Å². The van der Waals surface area contributed by atoms with E-state index in [4.69, 9.17) is 33.7 Å². The number of nitrogens with zero attached hydrogens (tertiary/aromatic N) is 4. The Kier molecular flexibility index (Phi) is 11.0. The summed E-state index contributed by atoms with van der Waals surface area (Å²) >= 11 is 2.26. The fourth-order valence-electron chi connectivity index (χ4n) is 5.78. The van der Waals surface area contributed by atoms with E-state index < -0.39 is 83.4 Å². The molecule has 0 spiro atoms. The number of thioether (sulfide) groups is 2. The van der Waals surface area contributed by atoms with Crippen LogP contribution < -0.4 is 16.4 Å². The van der Waals surface area contributed by atoms with Gasteiger partial charge in [-0.05, 0) is 24.3 Å². The zero-order chi connectivity index (χ0) is 38.7. The SMILES string of the molecule is CO/N=C(\C(=O)N[C@@H]1C(=O)N2C(C(=O)O)=C(COC(=O)C3=C(COC(N)=O)CS[C@H]4[C@H](NC(=O)/C(=N\OC)c5ccco5)C(=O)N34)CS[C@@H]12)c1ccco1. The maximum Gasteiger partial charge on any atom is 0.404 e. The molecule has 21 nitrogen and oxygen atoms in total. The van der Waals surface area contributed by atoms with Gasteiger partial charge in [0.25, 0.3) is 23.6 Å². The second-order valence-electron chi connectivity index (χ2n) is 11.3. The molecule has 0 unspecified atom stereocenters. The van der Waals surface area contributed by atoms with Gasteiger partial charge < -0.3 is 49.5 Å². The molecular weight excluding hydrogens is 759 g/mol. The molecule has 4 aliphatic rings. The van der Waals surface area contributed by atoms with Crippen LogP contribution >= 0.6 is 23.5 Å². The van der Waals surface area contributed by atoms with E-state index in [2.05, 4.69) is 20.9 Å². The van der Waals surface area contributed by atoms with E-state index in [-0.39, 0.29) is 51.3 Å². The highest BCUT2D eigenvalue weighted by molar-refractivity contribution is 8.00. The maximum atomic E-state index is 13.7. The molecule has 284 valence electrons. The fraction of sp³-hybridized carbons (Fsp3) is 0.323. The van der Waals surface area contributed by atoms with Gasteiger partial charge in [0.15, 0.2) is 11.5 Å². The monoisotopic (exact) mass is 787 g/mol. The molecule has 6 heterocycles. The number of aliphatic carboxylic acids is 1. The molecule has 0 bridgehead atoms. The van der Waals surface area contributed by atoms with Crippen molar-refractivity contribution in [2.45, 2.75) is 22.8 Å². The molecule has 2 aromatic heterocycles. The standard InChI is InChI=1S/C31H29N7O14S2/c1-47-35-17(15-5-3-7-49-15)23(39)33-19-25(41)37-21(29(43)44)13(11-53-27(19)37)9-51-30(45)22-14(10-52-31(32)46)12-54-28-20(26(42)38(22)28)34-24(40)18(36-48-2)16-6-4-8-50-16/h3-8,19-20,27-28H,9-12H2,1-2H3,(H2,32,46)(H,33,39)(H,34,40)(H,43,44)/b35-17-,36-18-/t19-,20-,27+,28+/m1/s1. The van der Waals surface area contributed by atoms with Crippen LogP contribution in [-0.2, 0) is 47.9 Å². The first-order valence-electron chi connectivity index (χ1n) is 15.5. The zero-order valence-corrected chi connectivity index (χ0v) is 29.7. The van der Waals surface area contributed by atoms with E-state index in [1.807, 2.05) is 0 Å². The number of nitrogens with one attached hydrogen (secondary N) is 2. The molecule has 4 atom stereocenters. The number of amides is 5. The van der Waals surface area contributed by atoms with E-state index in [0.29, 0.717) is 0 Å². The van der Waals surface area contributed by atoms with E-state index >= 15 is 0 Å². The predicted octanol–water partition coefficient (Wildman–Crippen LogP) is -0.695. The Morgan fingerprint density at radius 1 is 0.815 bits per heavy atom. The molecule has 2 aromatic rings. The molecule has 6 rings (SSSR count). The predicted molar refractivity (Wildman–Crippen MR) is 183 cm³/mol. The van der Waals surface area contributed by atoms with Crippen molar-refractivity contribution in [3.8, 4) is 0 Å². The van der Waals surface area contributed by atoms with Crippen LogP contribution in [0.3, 0.4) is 0 Å². The first kappa shape index (κ1) is 37.5. The minimum Gasteiger partial charge on any atom is -0.477 e. The highest BCUT2D eigenvalue weighted by Crippen LogP contribution is 2.42. The van der Waals surface area contributed by atoms with Gasteiger partial charge in [0.05, 0.1) is 12.5 Å². The first-order chi connectivity index (χ1) is 26.0. The molecule has 0 aliphatic carbocycles. The molecule has 4 aliphatic heterocycles. The molecule has 0 saturated carbocycles. The first-order valence-corrected chi connectivity index (χ1v) is 17.6. The van der Waals surface area contributed by atoms with Crippen LogP contribution in [0.1, 0.15) is 11.5 Å². The van der Waals surface area contributed by atoms with E-state index in [1.165, 1.54) is 51.0 Å². The summed E-state index contributed by atoms with van der Waals surface area (Å²) in [7, 11) is 2.44. The van der Waals surface area contributed by atoms with Crippen LogP contribution in [0.5, 0.6) is 0 Å². The normalized spacial score (nSPS) is 22.3. The lowest BCUT2D eigenvalue weighted by molar-refractivity contribution is -0.152. The number of primary amides is 1. The number of β-lactam (4-membered cyclic amide) rings is 2. The Labute approximate surface area is 311 Å². The van der Waals surface area contributed by atoms with E-state index in [9.17, 15) is 38.7 Å². The Morgan fingerprint density at radius 2 is 1.28 bits per heavy atom. The summed E-state index contributed by atoms with van der Waals surface area (Å²) < 4.78 is 20.9. The molecule has 5 N–H and O–H groups in total. The van der Waals surface area contributed by atoms with Crippen molar-refractivity contribution in [2.24, 2.45) is 16.0 Å². The number of carboxylic acid groups (broad SMARTS) is 1. The largest absolute Gasteiger partial charge is 0.477 e. The molecule has 0 radical (unpaired) electrons. The van der Waals surface area contributed by atoms with Crippen LogP contribution in [0.4, 0.5) is 4.79 Å². The van der Waals surface area contributed by atoms with Crippen LogP contribution in [0, 0.1) is 0 Å². The van der Waals surface area contributed by atoms with Gasteiger partial charge in [-0.3, -0.25) is 29.0 Å². The number of hydrogen-bond donors (Lipinski definition) is 4. The second-order valence-corrected chi connectivity index (χ2v) is 13.5. The summed E-state index contributed by atoms with van der Waals surface area (Å²) in [5, 5.41) is 20.9. The summed E-state index contributed by atoms with van der Waals surface area (Å²) in [6.07, 6.45) is 1.48. The molecule has 2 saturated heterocycles. The summed E-state index contributed by atoms with van der Waals surface area (Å²) in [6.45, 7) is -1.09. The van der Waals surface area contributed by atoms with Crippen molar-refractivity contribution in [1.29, 1.82) is 0 Å². The quantitative estimate of drug-likeness (QED) is 0.0797. The smallest absolute Gasteiger partial charge is 0.404 e.